The Morgan fingerprint density at radius 3 is 1.58 bits per heavy atom. The van der Waals surface area contributed by atoms with Gasteiger partial charge in [0.15, 0.2) is 0 Å². The average molecular weight is 402 g/mol. The lowest BCUT2D eigenvalue weighted by Crippen LogP contribution is -2.39. The quantitative estimate of drug-likeness (QED) is 0.678. The molecule has 0 atom stereocenters. The third kappa shape index (κ3) is 12.9. The summed E-state index contributed by atoms with van der Waals surface area (Å²) in [6, 6.07) is 8.39. The van der Waals surface area contributed by atoms with Crippen LogP contribution in [0, 0.1) is 0 Å². The van der Waals surface area contributed by atoms with Crippen molar-refractivity contribution in [3.05, 3.63) is 34.3 Å². The number of aryl methyl sites for hydroxylation is 1. The van der Waals surface area contributed by atoms with Crippen molar-refractivity contribution in [3.63, 3.8) is 0 Å². The second-order valence-electron chi connectivity index (χ2n) is 7.11. The van der Waals surface area contributed by atoms with Crippen LogP contribution in [0.5, 0.6) is 0 Å². The van der Waals surface area contributed by atoms with Crippen LogP contribution in [0.1, 0.15) is 54.0 Å². The summed E-state index contributed by atoms with van der Waals surface area (Å²) in [5.41, 5.74) is 0.122. The molecule has 0 radical (unpaired) electrons. The van der Waals surface area contributed by atoms with Gasteiger partial charge in [0, 0.05) is 4.47 Å². The van der Waals surface area contributed by atoms with Gasteiger partial charge in [-0.1, -0.05) is 35.0 Å². The van der Waals surface area contributed by atoms with Gasteiger partial charge in [-0.25, -0.2) is 14.9 Å². The molecule has 0 saturated carbocycles. The van der Waals surface area contributed by atoms with E-state index in [4.69, 9.17) is 9.47 Å². The summed E-state index contributed by atoms with van der Waals surface area (Å²) in [4.78, 5) is 22.2. The number of benzene rings is 1. The number of halogens is 1. The van der Waals surface area contributed by atoms with Crippen LogP contribution in [0.15, 0.2) is 28.7 Å². The normalized spacial score (nSPS) is 11.0. The number of hydrogen-bond donors (Lipinski definition) is 1. The van der Waals surface area contributed by atoms with Gasteiger partial charge in [-0.05, 0) is 65.7 Å². The molecule has 0 bridgehead atoms. The molecule has 1 aromatic carbocycles. The predicted octanol–water partition coefficient (Wildman–Crippen LogP) is 5.46. The van der Waals surface area contributed by atoms with Gasteiger partial charge >= 0.3 is 12.2 Å². The van der Waals surface area contributed by atoms with Crippen molar-refractivity contribution in [1.29, 1.82) is 0 Å². The third-order valence-corrected chi connectivity index (χ3v) is 2.85. The molecule has 5 nitrogen and oxygen atoms in total. The van der Waals surface area contributed by atoms with E-state index in [0.29, 0.717) is 0 Å². The van der Waals surface area contributed by atoms with Gasteiger partial charge in [0.2, 0.25) is 0 Å². The van der Waals surface area contributed by atoms with Crippen LogP contribution in [0.2, 0.25) is 0 Å². The predicted molar refractivity (Wildman–Crippen MR) is 99.1 cm³/mol. The van der Waals surface area contributed by atoms with Crippen LogP contribution >= 0.6 is 15.9 Å². The molecule has 1 aromatic rings. The number of alkyl carbamates (subject to hydrolysis) is 2. The Hall–Kier alpha value is -1.56. The molecule has 6 heteroatoms. The van der Waals surface area contributed by atoms with Crippen molar-refractivity contribution in [2.45, 2.75) is 66.1 Å². The summed E-state index contributed by atoms with van der Waals surface area (Å²) < 4.78 is 10.9. The van der Waals surface area contributed by atoms with Crippen LogP contribution in [-0.4, -0.2) is 23.4 Å². The van der Waals surface area contributed by atoms with Crippen molar-refractivity contribution >= 4 is 28.1 Å². The smallest absolute Gasteiger partial charge is 0.417 e. The fourth-order valence-electron chi connectivity index (χ4n) is 1.41. The molecule has 0 heterocycles. The van der Waals surface area contributed by atoms with Crippen molar-refractivity contribution in [2.24, 2.45) is 0 Å². The number of hydrogen-bond acceptors (Lipinski definition) is 4. The summed E-state index contributed by atoms with van der Waals surface area (Å²) in [5.74, 6) is 0. The summed E-state index contributed by atoms with van der Waals surface area (Å²) in [6.45, 7) is 12.4. The lowest BCUT2D eigenvalue weighted by atomic mass is 10.2. The van der Waals surface area contributed by atoms with Crippen LogP contribution < -0.4 is 5.32 Å². The summed E-state index contributed by atoms with van der Waals surface area (Å²) >= 11 is 3.37. The molecule has 0 aromatic heterocycles. The molecule has 0 aliphatic carbocycles. The van der Waals surface area contributed by atoms with Crippen molar-refractivity contribution in [3.8, 4) is 0 Å². The number of rotatable bonds is 1. The highest BCUT2D eigenvalue weighted by atomic mass is 79.9. The summed E-state index contributed by atoms with van der Waals surface area (Å²) in [7, 11) is 0. The SMILES string of the molecule is CC(C)(C)OC(=O)NC(=O)OC(C)(C)C.CCc1ccc(Br)cc1. The minimum Gasteiger partial charge on any atom is -0.443 e. The highest BCUT2D eigenvalue weighted by Crippen LogP contribution is 2.10. The highest BCUT2D eigenvalue weighted by Gasteiger charge is 2.21. The number of amides is 2. The first-order chi connectivity index (χ1) is 10.8. The maximum absolute atomic E-state index is 11.1. The molecule has 2 amide bonds. The number of ether oxygens (including phenoxy) is 2. The van der Waals surface area contributed by atoms with E-state index in [1.165, 1.54) is 5.56 Å². The average Bonchev–Trinajstić information content (AvgIpc) is 2.35. The molecule has 0 unspecified atom stereocenters. The molecule has 0 fully saturated rings. The van der Waals surface area contributed by atoms with Gasteiger partial charge in [0.25, 0.3) is 0 Å². The van der Waals surface area contributed by atoms with Crippen LogP contribution in [-0.2, 0) is 15.9 Å². The Kier molecular flexibility index (Phi) is 9.04. The molecule has 24 heavy (non-hydrogen) atoms. The van der Waals surface area contributed by atoms with E-state index in [1.54, 1.807) is 41.5 Å². The first-order valence-electron chi connectivity index (χ1n) is 7.80. The number of carbonyl (C=O) groups excluding carboxylic acids is 2. The van der Waals surface area contributed by atoms with Crippen LogP contribution in [0.4, 0.5) is 9.59 Å². The van der Waals surface area contributed by atoms with E-state index in [0.717, 1.165) is 10.9 Å². The Morgan fingerprint density at radius 2 is 1.29 bits per heavy atom. The van der Waals surface area contributed by atoms with Crippen molar-refractivity contribution in [1.82, 2.24) is 5.32 Å². The monoisotopic (exact) mass is 401 g/mol. The lowest BCUT2D eigenvalue weighted by Gasteiger charge is -2.21. The van der Waals surface area contributed by atoms with E-state index >= 15 is 0 Å². The second-order valence-corrected chi connectivity index (χ2v) is 8.02. The van der Waals surface area contributed by atoms with Crippen LogP contribution in [0.3, 0.4) is 0 Å². The Bertz CT molecular complexity index is 501. The number of imide groups is 1. The standard InChI is InChI=1S/C10H19NO4.C8H9Br/c1-9(2,3)14-7(12)11-8(13)15-10(4,5)6;1-2-7-3-5-8(9)6-4-7/h1-6H3,(H,11,12,13);3-6H,2H2,1H3. The summed E-state index contributed by atoms with van der Waals surface area (Å²) in [6.07, 6.45) is -0.499. The van der Waals surface area contributed by atoms with E-state index in [-0.39, 0.29) is 0 Å². The molecular formula is C18H28BrNO4. The molecule has 136 valence electrons. The number of nitrogens with one attached hydrogen (secondary N) is 1. The largest absolute Gasteiger partial charge is 0.443 e. The fraction of sp³-hybridized carbons (Fsp3) is 0.556. The van der Waals surface area contributed by atoms with Crippen LogP contribution in [0.25, 0.3) is 0 Å². The summed E-state index contributed by atoms with van der Waals surface area (Å²) in [5, 5.41) is 1.97. The fourth-order valence-corrected chi connectivity index (χ4v) is 1.67. The van der Waals surface area contributed by atoms with E-state index < -0.39 is 23.4 Å². The zero-order chi connectivity index (χ0) is 19.0. The van der Waals surface area contributed by atoms with E-state index in [2.05, 4.69) is 47.1 Å². The van der Waals surface area contributed by atoms with Gasteiger partial charge in [-0.15, -0.1) is 0 Å². The zero-order valence-corrected chi connectivity index (χ0v) is 17.1. The van der Waals surface area contributed by atoms with Gasteiger partial charge in [-0.3, -0.25) is 0 Å². The molecular weight excluding hydrogens is 374 g/mol. The van der Waals surface area contributed by atoms with E-state index in [9.17, 15) is 9.59 Å². The van der Waals surface area contributed by atoms with Crippen molar-refractivity contribution in [2.75, 3.05) is 0 Å². The maximum atomic E-state index is 11.1. The Morgan fingerprint density at radius 1 is 0.917 bits per heavy atom. The minimum atomic E-state index is -0.809. The first kappa shape index (κ1) is 22.4. The third-order valence-electron chi connectivity index (χ3n) is 2.32. The van der Waals surface area contributed by atoms with Gasteiger partial charge in [-0.2, -0.15) is 0 Å². The van der Waals surface area contributed by atoms with Gasteiger partial charge in [0.1, 0.15) is 11.2 Å². The van der Waals surface area contributed by atoms with Gasteiger partial charge in [0.05, 0.1) is 0 Å². The Balaban J connectivity index is 0.000000496. The molecule has 0 aliphatic heterocycles. The topological polar surface area (TPSA) is 64.6 Å². The molecule has 0 spiro atoms. The first-order valence-corrected chi connectivity index (χ1v) is 8.59. The van der Waals surface area contributed by atoms with Crippen molar-refractivity contribution < 1.29 is 19.1 Å². The number of carbonyl (C=O) groups is 2. The lowest BCUT2D eigenvalue weighted by molar-refractivity contribution is 0.0353. The highest BCUT2D eigenvalue weighted by molar-refractivity contribution is 9.10. The Labute approximate surface area is 153 Å². The second kappa shape index (κ2) is 9.67. The molecule has 1 rings (SSSR count). The maximum Gasteiger partial charge on any atom is 0.417 e. The van der Waals surface area contributed by atoms with Gasteiger partial charge < -0.3 is 9.47 Å². The minimum absolute atomic E-state index is 0.633. The zero-order valence-electron chi connectivity index (χ0n) is 15.5. The van der Waals surface area contributed by atoms with E-state index in [1.807, 2.05) is 5.32 Å². The molecule has 0 aliphatic rings. The molecule has 0 saturated heterocycles. The molecule has 1 N–H and O–H groups in total.